The Balaban J connectivity index is 2.15. The third-order valence-corrected chi connectivity index (χ3v) is 3.07. The molecule has 5 nitrogen and oxygen atoms in total. The first kappa shape index (κ1) is 10.8. The van der Waals surface area contributed by atoms with E-state index in [2.05, 4.69) is 10.3 Å². The van der Waals surface area contributed by atoms with Crippen molar-refractivity contribution in [2.75, 3.05) is 0 Å². The van der Waals surface area contributed by atoms with Crippen LogP contribution < -0.4 is 5.32 Å². The Kier molecular flexibility index (Phi) is 2.33. The van der Waals surface area contributed by atoms with Gasteiger partial charge in [-0.05, 0) is 6.92 Å². The van der Waals surface area contributed by atoms with Crippen molar-refractivity contribution < 1.29 is 10.0 Å². The molecule has 5 heteroatoms. The highest BCUT2D eigenvalue weighted by atomic mass is 16.5. The van der Waals surface area contributed by atoms with E-state index in [-0.39, 0.29) is 11.9 Å². The van der Waals surface area contributed by atoms with E-state index >= 15 is 0 Å². The highest BCUT2D eigenvalue weighted by Gasteiger charge is 2.29. The number of nitrogens with zero attached hydrogens (tertiary/aromatic N) is 2. The van der Waals surface area contributed by atoms with Gasteiger partial charge < -0.3 is 10.5 Å². The number of hydrogen-bond acceptors (Lipinski definition) is 3. The van der Waals surface area contributed by atoms with Crippen LogP contribution in [0.3, 0.4) is 0 Å². The molecule has 92 valence electrons. The molecule has 3 rings (SSSR count). The van der Waals surface area contributed by atoms with Crippen molar-refractivity contribution in [3.63, 3.8) is 0 Å². The molecule has 1 aromatic heterocycles. The molecule has 0 bridgehead atoms. The summed E-state index contributed by atoms with van der Waals surface area (Å²) in [7, 11) is 0. The molecule has 2 aromatic rings. The summed E-state index contributed by atoms with van der Waals surface area (Å²) in [6.45, 7) is 1.90. The molecule has 1 amide bonds. The maximum absolute atomic E-state index is 11.8. The lowest BCUT2D eigenvalue weighted by molar-refractivity contribution is 0.0915. The number of benzene rings is 1. The van der Waals surface area contributed by atoms with Gasteiger partial charge in [0.15, 0.2) is 11.5 Å². The first-order chi connectivity index (χ1) is 8.66. The first-order valence-corrected chi connectivity index (χ1v) is 5.84. The number of carbonyl (C=O) groups excluding carboxylic acids is 1. The van der Waals surface area contributed by atoms with Crippen LogP contribution >= 0.6 is 0 Å². The van der Waals surface area contributed by atoms with Gasteiger partial charge in [-0.25, -0.2) is 4.98 Å². The zero-order valence-electron chi connectivity index (χ0n) is 9.92. The fourth-order valence-electron chi connectivity index (χ4n) is 2.22. The maximum Gasteiger partial charge on any atom is 0.272 e. The second kappa shape index (κ2) is 3.87. The van der Waals surface area contributed by atoms with E-state index in [9.17, 15) is 10.0 Å². The highest BCUT2D eigenvalue weighted by molar-refractivity contribution is 5.95. The van der Waals surface area contributed by atoms with Crippen LogP contribution in [-0.4, -0.2) is 26.9 Å². The number of nitrogens with one attached hydrogen (secondary N) is 1. The van der Waals surface area contributed by atoms with Crippen molar-refractivity contribution in [3.05, 3.63) is 41.7 Å². The van der Waals surface area contributed by atoms with Crippen molar-refractivity contribution in [1.82, 2.24) is 15.0 Å². The predicted molar refractivity (Wildman–Crippen MR) is 65.5 cm³/mol. The molecule has 0 saturated heterocycles. The molecular weight excluding hydrogens is 230 g/mol. The van der Waals surface area contributed by atoms with E-state index in [1.807, 2.05) is 37.3 Å². The fraction of sp³-hybridized carbons (Fsp3) is 0.231. The van der Waals surface area contributed by atoms with Gasteiger partial charge in [0.1, 0.15) is 0 Å². The molecule has 1 aromatic carbocycles. The predicted octanol–water partition coefficient (Wildman–Crippen LogP) is 1.46. The quantitative estimate of drug-likeness (QED) is 0.745. The minimum absolute atomic E-state index is 0.0104. The number of rotatable bonds is 1. The van der Waals surface area contributed by atoms with E-state index in [1.165, 1.54) is 0 Å². The van der Waals surface area contributed by atoms with Crippen LogP contribution in [-0.2, 0) is 6.42 Å². The summed E-state index contributed by atoms with van der Waals surface area (Å²) in [6.07, 6.45) is 0.581. The summed E-state index contributed by atoms with van der Waals surface area (Å²) in [5.41, 5.74) is 1.68. The SMILES string of the molecule is CC1Cc2c(nc(-c3ccccc3)n2O)C(=O)N1. The van der Waals surface area contributed by atoms with Crippen LogP contribution in [0.2, 0.25) is 0 Å². The van der Waals surface area contributed by atoms with Crippen LogP contribution in [0.5, 0.6) is 0 Å². The van der Waals surface area contributed by atoms with E-state index in [1.54, 1.807) is 0 Å². The van der Waals surface area contributed by atoms with E-state index in [0.717, 1.165) is 10.3 Å². The number of aromatic nitrogens is 2. The molecule has 2 heterocycles. The highest BCUT2D eigenvalue weighted by Crippen LogP contribution is 2.24. The summed E-state index contributed by atoms with van der Waals surface area (Å²) in [5, 5.41) is 12.9. The van der Waals surface area contributed by atoms with Crippen molar-refractivity contribution in [2.45, 2.75) is 19.4 Å². The maximum atomic E-state index is 11.8. The topological polar surface area (TPSA) is 67.1 Å². The summed E-state index contributed by atoms with van der Waals surface area (Å²) < 4.78 is 1.03. The normalized spacial score (nSPS) is 18.3. The summed E-state index contributed by atoms with van der Waals surface area (Å²) >= 11 is 0. The Hall–Kier alpha value is -2.30. The van der Waals surface area contributed by atoms with Crippen LogP contribution in [0.25, 0.3) is 11.4 Å². The van der Waals surface area contributed by atoms with E-state index < -0.39 is 0 Å². The Morgan fingerprint density at radius 3 is 2.83 bits per heavy atom. The second-order valence-electron chi connectivity index (χ2n) is 4.49. The average Bonchev–Trinajstić information content (AvgIpc) is 2.69. The fourth-order valence-corrected chi connectivity index (χ4v) is 2.22. The van der Waals surface area contributed by atoms with Gasteiger partial charge in [0.2, 0.25) is 0 Å². The standard InChI is InChI=1S/C13H13N3O2/c1-8-7-10-11(13(17)14-8)15-12(16(10)18)9-5-3-2-4-6-9/h2-6,8,18H,7H2,1H3,(H,14,17). The molecule has 1 unspecified atom stereocenters. The van der Waals surface area contributed by atoms with Gasteiger partial charge in [-0.1, -0.05) is 30.3 Å². The van der Waals surface area contributed by atoms with Gasteiger partial charge in [0, 0.05) is 18.0 Å². The zero-order valence-corrected chi connectivity index (χ0v) is 9.92. The molecule has 0 radical (unpaired) electrons. The van der Waals surface area contributed by atoms with Gasteiger partial charge in [-0.2, -0.15) is 4.73 Å². The molecule has 1 aliphatic rings. The molecule has 0 aliphatic carbocycles. The lowest BCUT2D eigenvalue weighted by Crippen LogP contribution is -2.39. The Morgan fingerprint density at radius 1 is 1.39 bits per heavy atom. The number of carbonyl (C=O) groups is 1. The largest absolute Gasteiger partial charge is 0.427 e. The van der Waals surface area contributed by atoms with Crippen LogP contribution in [0, 0.1) is 0 Å². The summed E-state index contributed by atoms with van der Waals surface area (Å²) in [6, 6.07) is 9.33. The van der Waals surface area contributed by atoms with Gasteiger partial charge in [-0.3, -0.25) is 4.79 Å². The number of hydrogen-bond donors (Lipinski definition) is 2. The second-order valence-corrected chi connectivity index (χ2v) is 4.49. The molecule has 1 aliphatic heterocycles. The smallest absolute Gasteiger partial charge is 0.272 e. The molecule has 0 fully saturated rings. The third kappa shape index (κ3) is 1.55. The van der Waals surface area contributed by atoms with Gasteiger partial charge in [0.05, 0.1) is 5.69 Å². The Bertz CT molecular complexity index is 604. The lowest BCUT2D eigenvalue weighted by atomic mass is 10.1. The molecule has 18 heavy (non-hydrogen) atoms. The van der Waals surface area contributed by atoms with Crippen LogP contribution in [0.1, 0.15) is 23.1 Å². The van der Waals surface area contributed by atoms with Crippen molar-refractivity contribution in [2.24, 2.45) is 0 Å². The Morgan fingerprint density at radius 2 is 2.11 bits per heavy atom. The van der Waals surface area contributed by atoms with Gasteiger partial charge in [-0.15, -0.1) is 0 Å². The summed E-state index contributed by atoms with van der Waals surface area (Å²) in [5.74, 6) is 0.179. The minimum atomic E-state index is -0.228. The van der Waals surface area contributed by atoms with Crippen molar-refractivity contribution in [3.8, 4) is 11.4 Å². The minimum Gasteiger partial charge on any atom is -0.427 e. The van der Waals surface area contributed by atoms with Crippen molar-refractivity contribution >= 4 is 5.91 Å². The van der Waals surface area contributed by atoms with E-state index in [4.69, 9.17) is 0 Å². The molecular formula is C13H13N3O2. The van der Waals surface area contributed by atoms with E-state index in [0.29, 0.717) is 23.6 Å². The lowest BCUT2D eigenvalue weighted by Gasteiger charge is -2.18. The molecule has 0 saturated carbocycles. The number of imidazole rings is 1. The van der Waals surface area contributed by atoms with Crippen LogP contribution in [0.4, 0.5) is 0 Å². The molecule has 1 atom stereocenters. The third-order valence-electron chi connectivity index (χ3n) is 3.07. The van der Waals surface area contributed by atoms with Gasteiger partial charge >= 0.3 is 0 Å². The Labute approximate surface area is 104 Å². The van der Waals surface area contributed by atoms with Gasteiger partial charge in [0.25, 0.3) is 5.91 Å². The number of amides is 1. The average molecular weight is 243 g/mol. The number of fused-ring (bicyclic) bond motifs is 1. The van der Waals surface area contributed by atoms with Crippen LogP contribution in [0.15, 0.2) is 30.3 Å². The molecule has 0 spiro atoms. The first-order valence-electron chi connectivity index (χ1n) is 5.84. The monoisotopic (exact) mass is 243 g/mol. The zero-order chi connectivity index (χ0) is 12.7. The molecule has 2 N–H and O–H groups in total. The van der Waals surface area contributed by atoms with Crippen molar-refractivity contribution in [1.29, 1.82) is 0 Å². The summed E-state index contributed by atoms with van der Waals surface area (Å²) in [4.78, 5) is 16.0.